The summed E-state index contributed by atoms with van der Waals surface area (Å²) in [5, 5.41) is 0. The van der Waals surface area contributed by atoms with Crippen molar-refractivity contribution in [3.8, 4) is 0 Å². The van der Waals surface area contributed by atoms with Crippen molar-refractivity contribution in [3.05, 3.63) is 23.6 Å². The lowest BCUT2D eigenvalue weighted by atomic mass is 10.0. The molecular weight excluding hydrogens is 414 g/mol. The highest BCUT2D eigenvalue weighted by Crippen LogP contribution is 2.18. The molecule has 0 bridgehead atoms. The molecule has 0 aliphatic heterocycles. The molecule has 0 aliphatic rings. The van der Waals surface area contributed by atoms with Gasteiger partial charge in [-0.1, -0.05) is 90.4 Å². The molecule has 187 valence electrons. The molecule has 1 radical (unpaired) electrons. The molecule has 7 heteroatoms. The lowest BCUT2D eigenvalue weighted by Crippen LogP contribution is -2.13. The smallest absolute Gasteiger partial charge is 0.280 e. The van der Waals surface area contributed by atoms with Gasteiger partial charge in [-0.05, 0) is 26.2 Å². The Bertz CT molecular complexity index is 817. The van der Waals surface area contributed by atoms with E-state index in [1.807, 2.05) is 4.57 Å². The summed E-state index contributed by atoms with van der Waals surface area (Å²) in [7, 11) is 0. The number of aromatic nitrogens is 4. The van der Waals surface area contributed by atoms with Gasteiger partial charge in [0.05, 0.1) is 6.33 Å². The third-order valence-corrected chi connectivity index (χ3v) is 6.31. The molecule has 1 unspecified atom stereocenters. The number of ether oxygens (including phenoxy) is 1. The molecule has 0 aliphatic carbocycles. The Hall–Kier alpha value is -1.89. The Balaban J connectivity index is 1.39. The van der Waals surface area contributed by atoms with Gasteiger partial charge >= 0.3 is 0 Å². The summed E-state index contributed by atoms with van der Waals surface area (Å²) in [5.74, 6) is 0.0953. The average molecular weight is 461 g/mol. The summed E-state index contributed by atoms with van der Waals surface area (Å²) in [6.45, 7) is 8.02. The standard InChI is InChI=1S/C26H46N5O2/c1-3-4-5-6-7-8-9-10-11-12-13-14-15-16-19-33-20-17-18-22(2)31-21-28-23-24(31)29-26(27)30-25(23)32/h21-22H,2-20H2,1H3,(H3,27,29,30,32). The predicted molar refractivity (Wildman–Crippen MR) is 137 cm³/mol. The van der Waals surface area contributed by atoms with Crippen molar-refractivity contribution in [2.75, 3.05) is 18.9 Å². The number of unbranched alkanes of at least 4 members (excludes halogenated alkanes) is 13. The van der Waals surface area contributed by atoms with E-state index >= 15 is 0 Å². The van der Waals surface area contributed by atoms with Crippen molar-refractivity contribution in [1.82, 2.24) is 19.5 Å². The quantitative estimate of drug-likeness (QED) is 0.224. The summed E-state index contributed by atoms with van der Waals surface area (Å²) in [6, 6.07) is -0.0617. The Labute approximate surface area is 199 Å². The van der Waals surface area contributed by atoms with Gasteiger partial charge in [0, 0.05) is 19.3 Å². The number of hydrogen-bond donors (Lipinski definition) is 2. The molecule has 0 aromatic carbocycles. The predicted octanol–water partition coefficient (Wildman–Crippen LogP) is 6.36. The number of H-pyrrole nitrogens is 1. The fraction of sp³-hybridized carbons (Fsp3) is 0.769. The van der Waals surface area contributed by atoms with Crippen molar-refractivity contribution in [1.29, 1.82) is 0 Å². The zero-order chi connectivity index (χ0) is 23.7. The zero-order valence-corrected chi connectivity index (χ0v) is 20.8. The maximum absolute atomic E-state index is 11.9. The van der Waals surface area contributed by atoms with Crippen LogP contribution >= 0.6 is 0 Å². The molecule has 0 saturated heterocycles. The molecule has 0 saturated carbocycles. The number of fused-ring (bicyclic) bond motifs is 1. The molecular formula is C26H46N5O2. The van der Waals surface area contributed by atoms with E-state index in [1.165, 1.54) is 83.5 Å². The largest absolute Gasteiger partial charge is 0.381 e. The minimum absolute atomic E-state index is 0.0617. The third-order valence-electron chi connectivity index (χ3n) is 6.31. The normalized spacial score (nSPS) is 12.5. The van der Waals surface area contributed by atoms with Crippen molar-refractivity contribution < 1.29 is 4.74 Å². The second kappa shape index (κ2) is 16.7. The van der Waals surface area contributed by atoms with E-state index in [0.717, 1.165) is 32.5 Å². The first-order chi connectivity index (χ1) is 16.1. The lowest BCUT2D eigenvalue weighted by Gasteiger charge is -2.13. The molecule has 7 nitrogen and oxygen atoms in total. The van der Waals surface area contributed by atoms with Gasteiger partial charge in [-0.25, -0.2) is 4.98 Å². The van der Waals surface area contributed by atoms with Crippen LogP contribution < -0.4 is 11.3 Å². The number of nitrogens with two attached hydrogens (primary N) is 1. The van der Waals surface area contributed by atoms with Gasteiger partial charge < -0.3 is 15.0 Å². The molecule has 2 heterocycles. The zero-order valence-electron chi connectivity index (χ0n) is 20.8. The molecule has 33 heavy (non-hydrogen) atoms. The monoisotopic (exact) mass is 460 g/mol. The van der Waals surface area contributed by atoms with Gasteiger partial charge in [0.25, 0.3) is 5.56 Å². The first-order valence-corrected chi connectivity index (χ1v) is 13.3. The fourth-order valence-electron chi connectivity index (χ4n) is 4.27. The van der Waals surface area contributed by atoms with E-state index < -0.39 is 0 Å². The highest BCUT2D eigenvalue weighted by atomic mass is 16.5. The van der Waals surface area contributed by atoms with Crippen LogP contribution in [0, 0.1) is 6.92 Å². The minimum Gasteiger partial charge on any atom is -0.381 e. The number of anilines is 1. The van der Waals surface area contributed by atoms with Crippen molar-refractivity contribution in [2.24, 2.45) is 0 Å². The third kappa shape index (κ3) is 10.7. The van der Waals surface area contributed by atoms with Gasteiger partial charge in [0.2, 0.25) is 5.95 Å². The van der Waals surface area contributed by atoms with Crippen LogP contribution in [0.25, 0.3) is 11.2 Å². The molecule has 0 amide bonds. The molecule has 1 atom stereocenters. The van der Waals surface area contributed by atoms with Crippen molar-refractivity contribution in [2.45, 2.75) is 116 Å². The van der Waals surface area contributed by atoms with E-state index in [1.54, 1.807) is 6.33 Å². The first kappa shape index (κ1) is 27.4. The number of hydrogen-bond acceptors (Lipinski definition) is 5. The van der Waals surface area contributed by atoms with E-state index in [-0.39, 0.29) is 17.5 Å². The summed E-state index contributed by atoms with van der Waals surface area (Å²) >= 11 is 0. The van der Waals surface area contributed by atoms with Gasteiger partial charge in [-0.15, -0.1) is 0 Å². The summed E-state index contributed by atoms with van der Waals surface area (Å²) < 4.78 is 7.60. The highest BCUT2D eigenvalue weighted by molar-refractivity contribution is 5.70. The molecule has 2 rings (SSSR count). The highest BCUT2D eigenvalue weighted by Gasteiger charge is 2.13. The summed E-state index contributed by atoms with van der Waals surface area (Å²) in [6.07, 6.45) is 22.5. The Morgan fingerprint density at radius 1 is 0.939 bits per heavy atom. The topological polar surface area (TPSA) is 98.8 Å². The molecule has 2 aromatic rings. The van der Waals surface area contributed by atoms with Crippen LogP contribution in [0.1, 0.15) is 116 Å². The lowest BCUT2D eigenvalue weighted by molar-refractivity contribution is 0.124. The molecule has 0 fully saturated rings. The average Bonchev–Trinajstić information content (AvgIpc) is 3.22. The van der Waals surface area contributed by atoms with Crippen LogP contribution in [0.2, 0.25) is 0 Å². The van der Waals surface area contributed by atoms with Crippen LogP contribution in [0.5, 0.6) is 0 Å². The van der Waals surface area contributed by atoms with Crippen LogP contribution in [0.4, 0.5) is 5.95 Å². The van der Waals surface area contributed by atoms with Crippen LogP contribution in [0.15, 0.2) is 11.1 Å². The second-order valence-corrected chi connectivity index (χ2v) is 9.28. The maximum Gasteiger partial charge on any atom is 0.280 e. The first-order valence-electron chi connectivity index (χ1n) is 13.3. The molecule has 0 spiro atoms. The molecule has 2 aromatic heterocycles. The number of nitrogens with one attached hydrogen (secondary N) is 1. The van der Waals surface area contributed by atoms with Crippen LogP contribution in [-0.4, -0.2) is 32.7 Å². The summed E-state index contributed by atoms with van der Waals surface area (Å²) in [4.78, 5) is 22.7. The SMILES string of the molecule is [CH2]C(CCCOCCCCCCCCCCCCCCCC)n1cnc2c(=O)[nH]c(N)nc21. The minimum atomic E-state index is -0.319. The Kier molecular flexibility index (Phi) is 13.8. The molecule has 3 N–H and O–H groups in total. The van der Waals surface area contributed by atoms with Gasteiger partial charge in [0.1, 0.15) is 0 Å². The van der Waals surface area contributed by atoms with Gasteiger partial charge in [0.15, 0.2) is 11.2 Å². The van der Waals surface area contributed by atoms with Crippen LogP contribution in [-0.2, 0) is 4.74 Å². The number of imidazole rings is 1. The van der Waals surface area contributed by atoms with E-state index in [0.29, 0.717) is 11.2 Å². The van der Waals surface area contributed by atoms with Gasteiger partial charge in [-0.3, -0.25) is 9.78 Å². The number of aromatic amines is 1. The van der Waals surface area contributed by atoms with Crippen molar-refractivity contribution >= 4 is 17.1 Å². The number of rotatable bonds is 20. The summed E-state index contributed by atoms with van der Waals surface area (Å²) in [5.41, 5.74) is 6.12. The maximum atomic E-state index is 11.9. The van der Waals surface area contributed by atoms with E-state index in [2.05, 4.69) is 28.8 Å². The van der Waals surface area contributed by atoms with Crippen LogP contribution in [0.3, 0.4) is 0 Å². The van der Waals surface area contributed by atoms with E-state index in [9.17, 15) is 4.79 Å². The van der Waals surface area contributed by atoms with E-state index in [4.69, 9.17) is 10.5 Å². The van der Waals surface area contributed by atoms with Crippen molar-refractivity contribution in [3.63, 3.8) is 0 Å². The number of nitrogen functional groups attached to an aromatic ring is 1. The van der Waals surface area contributed by atoms with Gasteiger partial charge in [-0.2, -0.15) is 4.98 Å². The number of nitrogens with zero attached hydrogens (tertiary/aromatic N) is 3. The fourth-order valence-corrected chi connectivity index (χ4v) is 4.27. The Morgan fingerprint density at radius 2 is 1.48 bits per heavy atom. The Morgan fingerprint density at radius 3 is 2.09 bits per heavy atom. The second-order valence-electron chi connectivity index (χ2n) is 9.28.